The van der Waals surface area contributed by atoms with Crippen LogP contribution in [0.2, 0.25) is 0 Å². The van der Waals surface area contributed by atoms with Crippen molar-refractivity contribution in [2.75, 3.05) is 26.8 Å². The zero-order valence-corrected chi connectivity index (χ0v) is 19.6. The molecule has 4 heteroatoms. The van der Waals surface area contributed by atoms with Gasteiger partial charge in [-0.05, 0) is 81.6 Å². The van der Waals surface area contributed by atoms with Crippen LogP contribution in [0.3, 0.4) is 0 Å². The number of hydrogen-bond acceptors (Lipinski definition) is 3. The van der Waals surface area contributed by atoms with Crippen molar-refractivity contribution < 1.29 is 14.0 Å². The maximum Gasteiger partial charge on any atom is 0.189 e. The summed E-state index contributed by atoms with van der Waals surface area (Å²) < 4.78 is 14.1. The molecule has 4 nitrogen and oxygen atoms in total. The summed E-state index contributed by atoms with van der Waals surface area (Å²) in [5, 5.41) is 2.64. The molecule has 2 aromatic carbocycles. The van der Waals surface area contributed by atoms with E-state index in [1.54, 1.807) is 7.11 Å². The molecule has 0 saturated carbocycles. The van der Waals surface area contributed by atoms with Gasteiger partial charge in [0.15, 0.2) is 11.9 Å². The van der Waals surface area contributed by atoms with E-state index in [1.165, 1.54) is 59.9 Å². The fraction of sp³-hybridized carbons (Fsp3) is 0.464. The SMILES string of the molecule is COc1ccc(-c2c[n+]3c(c4cc(OCC5CCN(C(C)C)CC5)ccc24)CCC3)cc1. The van der Waals surface area contributed by atoms with Gasteiger partial charge in [0, 0.05) is 24.3 Å². The second-order valence-electron chi connectivity index (χ2n) is 9.61. The van der Waals surface area contributed by atoms with Crippen molar-refractivity contribution in [1.29, 1.82) is 0 Å². The van der Waals surface area contributed by atoms with Crippen LogP contribution in [0.25, 0.3) is 21.9 Å². The van der Waals surface area contributed by atoms with E-state index in [2.05, 4.69) is 59.8 Å². The molecule has 2 aliphatic heterocycles. The Labute approximate surface area is 191 Å². The summed E-state index contributed by atoms with van der Waals surface area (Å²) in [5.74, 6) is 2.55. The molecule has 2 aliphatic rings. The van der Waals surface area contributed by atoms with Crippen molar-refractivity contribution in [1.82, 2.24) is 4.90 Å². The molecule has 0 amide bonds. The van der Waals surface area contributed by atoms with Crippen LogP contribution in [0.15, 0.2) is 48.7 Å². The Morgan fingerprint density at radius 3 is 2.47 bits per heavy atom. The Morgan fingerprint density at radius 1 is 1.00 bits per heavy atom. The minimum absolute atomic E-state index is 0.650. The predicted molar refractivity (Wildman–Crippen MR) is 129 cm³/mol. The van der Waals surface area contributed by atoms with E-state index >= 15 is 0 Å². The molecule has 0 bridgehead atoms. The summed E-state index contributed by atoms with van der Waals surface area (Å²) in [5.41, 5.74) is 3.94. The third-order valence-electron chi connectivity index (χ3n) is 7.30. The number of pyridine rings is 1. The quantitative estimate of drug-likeness (QED) is 0.499. The van der Waals surface area contributed by atoms with E-state index in [-0.39, 0.29) is 0 Å². The smallest absolute Gasteiger partial charge is 0.189 e. The lowest BCUT2D eigenvalue weighted by molar-refractivity contribution is -0.688. The van der Waals surface area contributed by atoms with Gasteiger partial charge in [0.2, 0.25) is 0 Å². The average molecular weight is 432 g/mol. The van der Waals surface area contributed by atoms with Crippen LogP contribution in [0, 0.1) is 5.92 Å². The summed E-state index contributed by atoms with van der Waals surface area (Å²) in [4.78, 5) is 2.58. The Hall–Kier alpha value is -2.59. The second kappa shape index (κ2) is 9.11. The largest absolute Gasteiger partial charge is 0.497 e. The standard InChI is InChI=1S/C28H35N2O2/c1-20(2)29-15-12-21(13-16-29)19-32-24-10-11-25-26(17-24)28-5-4-14-30(28)18-27(25)22-6-8-23(31-3)9-7-22/h6-11,17-18,20-21H,4-5,12-16,19H2,1-3H3/q+1. The number of aryl methyl sites for hydroxylation is 2. The highest BCUT2D eigenvalue weighted by Crippen LogP contribution is 2.34. The Kier molecular flexibility index (Phi) is 6.05. The number of ether oxygens (including phenoxy) is 2. The molecule has 0 spiro atoms. The van der Waals surface area contributed by atoms with Crippen molar-refractivity contribution in [2.45, 2.75) is 52.1 Å². The number of hydrogen-bond donors (Lipinski definition) is 0. The van der Waals surface area contributed by atoms with Crippen molar-refractivity contribution >= 4 is 10.8 Å². The van der Waals surface area contributed by atoms with Gasteiger partial charge in [-0.25, -0.2) is 4.57 Å². The summed E-state index contributed by atoms with van der Waals surface area (Å²) in [6.07, 6.45) is 7.14. The molecule has 0 radical (unpaired) electrons. The molecule has 5 rings (SSSR count). The Morgan fingerprint density at radius 2 is 1.75 bits per heavy atom. The van der Waals surface area contributed by atoms with Crippen molar-refractivity contribution in [2.24, 2.45) is 5.92 Å². The van der Waals surface area contributed by atoms with Gasteiger partial charge in [0.1, 0.15) is 18.0 Å². The predicted octanol–water partition coefficient (Wildman–Crippen LogP) is 5.25. The van der Waals surface area contributed by atoms with Gasteiger partial charge < -0.3 is 14.4 Å². The van der Waals surface area contributed by atoms with E-state index < -0.39 is 0 Å². The molecule has 3 aromatic rings. The third kappa shape index (κ3) is 4.21. The van der Waals surface area contributed by atoms with Gasteiger partial charge in [-0.1, -0.05) is 12.1 Å². The molecule has 0 N–H and O–H groups in total. The van der Waals surface area contributed by atoms with E-state index in [1.807, 2.05) is 12.1 Å². The lowest BCUT2D eigenvalue weighted by atomic mass is 9.96. The fourth-order valence-corrected chi connectivity index (χ4v) is 5.29. The van der Waals surface area contributed by atoms with Gasteiger partial charge in [-0.3, -0.25) is 0 Å². The summed E-state index contributed by atoms with van der Waals surface area (Å²) in [6.45, 7) is 8.89. The number of piperidine rings is 1. The van der Waals surface area contributed by atoms with Crippen LogP contribution >= 0.6 is 0 Å². The van der Waals surface area contributed by atoms with Crippen LogP contribution in [0.4, 0.5) is 0 Å². The third-order valence-corrected chi connectivity index (χ3v) is 7.30. The van der Waals surface area contributed by atoms with Crippen molar-refractivity contribution in [3.63, 3.8) is 0 Å². The average Bonchev–Trinajstić information content (AvgIpc) is 3.31. The Balaban J connectivity index is 1.40. The zero-order valence-electron chi connectivity index (χ0n) is 19.6. The van der Waals surface area contributed by atoms with Crippen LogP contribution in [-0.4, -0.2) is 37.7 Å². The number of rotatable bonds is 6. The molecule has 3 heterocycles. The van der Waals surface area contributed by atoms with E-state index in [0.29, 0.717) is 12.0 Å². The monoisotopic (exact) mass is 431 g/mol. The van der Waals surface area contributed by atoms with Crippen LogP contribution in [0.5, 0.6) is 11.5 Å². The maximum absolute atomic E-state index is 6.34. The summed E-state index contributed by atoms with van der Waals surface area (Å²) in [7, 11) is 1.71. The number of likely N-dealkylation sites (tertiary alicyclic amines) is 1. The van der Waals surface area contributed by atoms with Gasteiger partial charge in [-0.15, -0.1) is 0 Å². The highest BCUT2D eigenvalue weighted by Gasteiger charge is 2.26. The van der Waals surface area contributed by atoms with Crippen molar-refractivity contribution in [3.05, 3.63) is 54.4 Å². The molecule has 168 valence electrons. The number of nitrogens with zero attached hydrogens (tertiary/aromatic N) is 2. The number of fused-ring (bicyclic) bond motifs is 3. The first-order valence-corrected chi connectivity index (χ1v) is 12.1. The minimum atomic E-state index is 0.650. The Bertz CT molecular complexity index is 1080. The van der Waals surface area contributed by atoms with Crippen molar-refractivity contribution in [3.8, 4) is 22.6 Å². The first kappa shape index (κ1) is 21.3. The minimum Gasteiger partial charge on any atom is -0.497 e. The molecule has 1 fully saturated rings. The lowest BCUT2D eigenvalue weighted by Gasteiger charge is -2.34. The lowest BCUT2D eigenvalue weighted by Crippen LogP contribution is -2.39. The molecule has 0 unspecified atom stereocenters. The van der Waals surface area contributed by atoms with Crippen LogP contribution < -0.4 is 14.0 Å². The van der Waals surface area contributed by atoms with Crippen LogP contribution in [-0.2, 0) is 13.0 Å². The molecule has 1 aromatic heterocycles. The molecular weight excluding hydrogens is 396 g/mol. The highest BCUT2D eigenvalue weighted by atomic mass is 16.5. The zero-order chi connectivity index (χ0) is 22.1. The molecule has 0 atom stereocenters. The second-order valence-corrected chi connectivity index (χ2v) is 9.61. The molecule has 32 heavy (non-hydrogen) atoms. The van der Waals surface area contributed by atoms with Crippen LogP contribution in [0.1, 0.15) is 38.8 Å². The van der Waals surface area contributed by atoms with E-state index in [9.17, 15) is 0 Å². The fourth-order valence-electron chi connectivity index (χ4n) is 5.29. The normalized spacial score (nSPS) is 17.1. The van der Waals surface area contributed by atoms with Gasteiger partial charge in [-0.2, -0.15) is 0 Å². The maximum atomic E-state index is 6.34. The van der Waals surface area contributed by atoms with Gasteiger partial charge >= 0.3 is 0 Å². The van der Waals surface area contributed by atoms with E-state index in [4.69, 9.17) is 9.47 Å². The summed E-state index contributed by atoms with van der Waals surface area (Å²) >= 11 is 0. The van der Waals surface area contributed by atoms with Gasteiger partial charge in [0.05, 0.1) is 24.7 Å². The molecule has 0 aliphatic carbocycles. The van der Waals surface area contributed by atoms with E-state index in [0.717, 1.165) is 31.1 Å². The first-order chi connectivity index (χ1) is 15.6. The number of aromatic nitrogens is 1. The summed E-state index contributed by atoms with van der Waals surface area (Å²) in [6, 6.07) is 15.7. The highest BCUT2D eigenvalue weighted by molar-refractivity contribution is 5.97. The molecule has 1 saturated heterocycles. The number of benzene rings is 2. The van der Waals surface area contributed by atoms with Gasteiger partial charge in [0.25, 0.3) is 0 Å². The first-order valence-electron chi connectivity index (χ1n) is 12.1. The topological polar surface area (TPSA) is 25.6 Å². The molecular formula is C28H35N2O2+. The number of methoxy groups -OCH3 is 1.